The first-order valence-corrected chi connectivity index (χ1v) is 7.17. The van der Waals surface area contributed by atoms with E-state index in [0.717, 1.165) is 0 Å². The topological polar surface area (TPSA) is 69.2 Å². The molecule has 98 valence electrons. The Bertz CT molecular complexity index is 433. The first-order valence-electron chi connectivity index (χ1n) is 5.61. The van der Waals surface area contributed by atoms with Crippen molar-refractivity contribution in [2.75, 3.05) is 24.2 Å². The van der Waals surface area contributed by atoms with E-state index in [1.165, 1.54) is 12.6 Å². The molecule has 0 unspecified atom stereocenters. The van der Waals surface area contributed by atoms with Gasteiger partial charge in [0.2, 0.25) is 5.03 Å². The molecule has 0 aromatic carbocycles. The molecule has 1 aliphatic rings. The van der Waals surface area contributed by atoms with Crippen molar-refractivity contribution < 1.29 is 13.7 Å². The molecule has 7 heteroatoms. The summed E-state index contributed by atoms with van der Waals surface area (Å²) in [7, 11) is 0. The quantitative estimate of drug-likeness (QED) is 0.457. The van der Waals surface area contributed by atoms with E-state index in [4.69, 9.17) is 0 Å². The van der Waals surface area contributed by atoms with Gasteiger partial charge in [0.1, 0.15) is 30.9 Å². The van der Waals surface area contributed by atoms with Crippen LogP contribution in [-0.2, 0) is 16.0 Å². The van der Waals surface area contributed by atoms with Crippen LogP contribution in [0.2, 0.25) is 0 Å². The zero-order valence-corrected chi connectivity index (χ0v) is 10.8. The summed E-state index contributed by atoms with van der Waals surface area (Å²) in [5, 5.41) is 0.424. The van der Waals surface area contributed by atoms with Crippen LogP contribution in [0.5, 0.6) is 0 Å². The number of anilines is 1. The third kappa shape index (κ3) is 2.78. The number of nitrogens with zero attached hydrogens (tertiary/aromatic N) is 3. The van der Waals surface area contributed by atoms with Crippen LogP contribution in [0.25, 0.3) is 0 Å². The lowest BCUT2D eigenvalue weighted by Gasteiger charge is -2.32. The molecular weight excluding hydrogens is 257 g/mol. The zero-order chi connectivity index (χ0) is 13.1. The van der Waals surface area contributed by atoms with E-state index in [0.29, 0.717) is 30.1 Å². The number of carbonyl (C=O) groups is 1. The predicted molar refractivity (Wildman–Crippen MR) is 65.6 cm³/mol. The number of hydrogen-bond donors (Lipinski definition) is 0. The van der Waals surface area contributed by atoms with E-state index in [1.807, 2.05) is 0 Å². The molecule has 2 rings (SSSR count). The van der Waals surface area contributed by atoms with Crippen molar-refractivity contribution in [1.82, 2.24) is 9.97 Å². The largest absolute Gasteiger partial charge is 0.610 e. The molecule has 0 amide bonds. The van der Waals surface area contributed by atoms with Gasteiger partial charge in [0.15, 0.2) is 0 Å². The van der Waals surface area contributed by atoms with Crippen LogP contribution in [0.4, 0.5) is 10.2 Å². The fraction of sp³-hybridized carbons (Fsp3) is 0.545. The summed E-state index contributed by atoms with van der Waals surface area (Å²) in [6.07, 6.45) is 2.82. The lowest BCUT2D eigenvalue weighted by Crippen LogP contribution is -2.42. The van der Waals surface area contributed by atoms with Gasteiger partial charge in [-0.15, -0.1) is 0 Å². The molecule has 1 aromatic rings. The van der Waals surface area contributed by atoms with Gasteiger partial charge in [0, 0.05) is 23.6 Å². The second-order valence-electron chi connectivity index (χ2n) is 4.22. The molecule has 0 N–H and O–H groups in total. The van der Waals surface area contributed by atoms with E-state index in [-0.39, 0.29) is 6.54 Å². The number of rotatable bonds is 3. The van der Waals surface area contributed by atoms with Crippen LogP contribution < -0.4 is 4.90 Å². The Morgan fingerprint density at radius 1 is 1.61 bits per heavy atom. The van der Waals surface area contributed by atoms with Crippen LogP contribution in [0.15, 0.2) is 17.4 Å². The highest BCUT2D eigenvalue weighted by molar-refractivity contribution is 7.90. The van der Waals surface area contributed by atoms with Crippen molar-refractivity contribution in [2.24, 2.45) is 5.92 Å². The lowest BCUT2D eigenvalue weighted by atomic mass is 9.97. The molecule has 0 bridgehead atoms. The van der Waals surface area contributed by atoms with E-state index in [2.05, 4.69) is 9.97 Å². The van der Waals surface area contributed by atoms with Crippen LogP contribution in [-0.4, -0.2) is 46.3 Å². The van der Waals surface area contributed by atoms with Gasteiger partial charge >= 0.3 is 0 Å². The molecule has 1 aromatic heterocycles. The second kappa shape index (κ2) is 5.62. The molecule has 0 spiro atoms. The summed E-state index contributed by atoms with van der Waals surface area (Å²) < 4.78 is 25.0. The number of aldehydes is 1. The highest BCUT2D eigenvalue weighted by Gasteiger charge is 2.29. The predicted octanol–water partition coefficient (Wildman–Crippen LogP) is 0.577. The van der Waals surface area contributed by atoms with Gasteiger partial charge in [0.25, 0.3) is 0 Å². The maximum absolute atomic E-state index is 13.7. The van der Waals surface area contributed by atoms with Crippen molar-refractivity contribution >= 4 is 23.3 Å². The molecule has 1 aliphatic heterocycles. The van der Waals surface area contributed by atoms with Gasteiger partial charge in [-0.25, -0.2) is 9.37 Å². The third-order valence-corrected chi connectivity index (χ3v) is 3.82. The Morgan fingerprint density at radius 3 is 3.00 bits per heavy atom. The highest BCUT2D eigenvalue weighted by atomic mass is 32.2. The Kier molecular flexibility index (Phi) is 4.13. The zero-order valence-electron chi connectivity index (χ0n) is 9.95. The molecule has 1 saturated heterocycles. The summed E-state index contributed by atoms with van der Waals surface area (Å²) in [6.45, 7) is 0.701. The van der Waals surface area contributed by atoms with Gasteiger partial charge in [-0.2, -0.15) is 4.98 Å². The Morgan fingerprint density at radius 2 is 2.39 bits per heavy atom. The number of halogens is 1. The summed E-state index contributed by atoms with van der Waals surface area (Å²) >= 11 is -1.19. The van der Waals surface area contributed by atoms with Crippen LogP contribution >= 0.6 is 0 Å². The molecule has 0 aliphatic carbocycles. The van der Waals surface area contributed by atoms with Crippen molar-refractivity contribution in [3.63, 3.8) is 0 Å². The van der Waals surface area contributed by atoms with E-state index in [1.54, 1.807) is 11.0 Å². The minimum Gasteiger partial charge on any atom is -0.610 e. The maximum atomic E-state index is 13.7. The molecule has 2 heterocycles. The van der Waals surface area contributed by atoms with E-state index >= 15 is 0 Å². The minimum atomic E-state index is -1.19. The molecule has 18 heavy (non-hydrogen) atoms. The van der Waals surface area contributed by atoms with Gasteiger partial charge in [-0.3, -0.25) is 0 Å². The summed E-state index contributed by atoms with van der Waals surface area (Å²) in [5.74, 6) is 0.0325. The van der Waals surface area contributed by atoms with Gasteiger partial charge in [0.05, 0.1) is 12.6 Å². The Balaban J connectivity index is 2.13. The molecule has 0 saturated carbocycles. The van der Waals surface area contributed by atoms with Gasteiger partial charge < -0.3 is 14.2 Å². The van der Waals surface area contributed by atoms with Crippen molar-refractivity contribution in [1.29, 1.82) is 0 Å². The fourth-order valence-corrected chi connectivity index (χ4v) is 2.41. The monoisotopic (exact) mass is 271 g/mol. The standard InChI is InChI=1S/C11H14FN3O2S/c1-18(17)11-4-10(13-7-14-11)15-3-2-8(6-16)9(12)5-15/h4,6-9H,2-3,5H2,1H3/t8-,9-,18+/m1/s1. The summed E-state index contributed by atoms with van der Waals surface area (Å²) in [6, 6.07) is 1.60. The van der Waals surface area contributed by atoms with E-state index in [9.17, 15) is 13.7 Å². The molecule has 0 radical (unpaired) electrons. The number of alkyl halides is 1. The number of carbonyl (C=O) groups excluding carboxylic acids is 1. The SMILES string of the molecule is C[S@+]([O-])c1cc(N2CC[C@H](C=O)[C@H](F)C2)ncn1. The molecule has 5 nitrogen and oxygen atoms in total. The third-order valence-electron chi connectivity index (χ3n) is 3.01. The van der Waals surface area contributed by atoms with Crippen LogP contribution in [0.1, 0.15) is 6.42 Å². The van der Waals surface area contributed by atoms with Gasteiger partial charge in [-0.1, -0.05) is 0 Å². The van der Waals surface area contributed by atoms with E-state index < -0.39 is 23.3 Å². The first kappa shape index (κ1) is 13.2. The van der Waals surface area contributed by atoms with Crippen LogP contribution in [0, 0.1) is 5.92 Å². The number of hydrogen-bond acceptors (Lipinski definition) is 5. The second-order valence-corrected chi connectivity index (χ2v) is 5.55. The fourth-order valence-electron chi connectivity index (χ4n) is 1.94. The van der Waals surface area contributed by atoms with Crippen molar-refractivity contribution in [3.8, 4) is 0 Å². The minimum absolute atomic E-state index is 0.135. The Labute approximate surface area is 108 Å². The number of piperidine rings is 1. The first-order chi connectivity index (χ1) is 8.61. The van der Waals surface area contributed by atoms with Crippen molar-refractivity contribution in [2.45, 2.75) is 17.6 Å². The van der Waals surface area contributed by atoms with Gasteiger partial charge in [-0.05, 0) is 6.42 Å². The van der Waals surface area contributed by atoms with Crippen molar-refractivity contribution in [3.05, 3.63) is 12.4 Å². The smallest absolute Gasteiger partial charge is 0.249 e. The van der Waals surface area contributed by atoms with Crippen LogP contribution in [0.3, 0.4) is 0 Å². The summed E-state index contributed by atoms with van der Waals surface area (Å²) in [4.78, 5) is 20.3. The summed E-state index contributed by atoms with van der Waals surface area (Å²) in [5.41, 5.74) is 0. The number of aromatic nitrogens is 2. The molecular formula is C11H14FN3O2S. The molecule has 3 atom stereocenters. The maximum Gasteiger partial charge on any atom is 0.249 e. The lowest BCUT2D eigenvalue weighted by molar-refractivity contribution is -0.113. The average molecular weight is 271 g/mol. The normalized spacial score (nSPS) is 25.8. The Hall–Kier alpha value is -1.21. The average Bonchev–Trinajstić information content (AvgIpc) is 2.38. The molecule has 1 fully saturated rings. The highest BCUT2D eigenvalue weighted by Crippen LogP contribution is 2.23.